The normalized spacial score (nSPS) is 13.7. The molecule has 25 heavy (non-hydrogen) atoms. The molecule has 0 saturated heterocycles. The number of furan rings is 1. The van der Waals surface area contributed by atoms with Gasteiger partial charge in [-0.25, -0.2) is 0 Å². The lowest BCUT2D eigenvalue weighted by Gasteiger charge is -2.29. The SMILES string of the molecule is Cc1cc2occ(CC(=O)N3CC(=O)Nc4ccccc43)c2cc1C. The van der Waals surface area contributed by atoms with Crippen LogP contribution in [0.25, 0.3) is 11.0 Å². The molecule has 0 radical (unpaired) electrons. The molecule has 0 aliphatic carbocycles. The second-order valence-corrected chi connectivity index (χ2v) is 6.42. The standard InChI is InChI=1S/C20H18N2O3/c1-12-7-15-14(11-25-18(15)8-13(12)2)9-20(24)22-10-19(23)21-16-5-3-4-6-17(16)22/h3-8,11H,9-10H2,1-2H3,(H,21,23). The van der Waals surface area contributed by atoms with Crippen LogP contribution in [-0.4, -0.2) is 18.4 Å². The van der Waals surface area contributed by atoms with E-state index in [9.17, 15) is 9.59 Å². The van der Waals surface area contributed by atoms with Gasteiger partial charge in [-0.05, 0) is 49.2 Å². The van der Waals surface area contributed by atoms with Crippen molar-refractivity contribution in [1.82, 2.24) is 0 Å². The number of hydrogen-bond donors (Lipinski definition) is 1. The number of nitrogens with one attached hydrogen (secondary N) is 1. The lowest BCUT2D eigenvalue weighted by atomic mass is 10.0. The molecule has 0 fully saturated rings. The molecule has 2 amide bonds. The zero-order valence-electron chi connectivity index (χ0n) is 14.1. The lowest BCUT2D eigenvalue weighted by Crippen LogP contribution is -2.42. The smallest absolute Gasteiger partial charge is 0.244 e. The molecule has 0 bridgehead atoms. The Morgan fingerprint density at radius 3 is 2.80 bits per heavy atom. The van der Waals surface area contributed by atoms with E-state index < -0.39 is 0 Å². The van der Waals surface area contributed by atoms with Gasteiger partial charge < -0.3 is 14.6 Å². The van der Waals surface area contributed by atoms with E-state index in [2.05, 4.69) is 5.32 Å². The Labute approximate surface area is 145 Å². The van der Waals surface area contributed by atoms with E-state index in [1.54, 1.807) is 12.3 Å². The minimum Gasteiger partial charge on any atom is -0.464 e. The fraction of sp³-hybridized carbons (Fsp3) is 0.200. The molecule has 3 aromatic rings. The first-order valence-corrected chi connectivity index (χ1v) is 8.19. The maximum absolute atomic E-state index is 12.9. The van der Waals surface area contributed by atoms with Crippen LogP contribution in [-0.2, 0) is 16.0 Å². The van der Waals surface area contributed by atoms with Gasteiger partial charge >= 0.3 is 0 Å². The van der Waals surface area contributed by atoms with Crippen molar-refractivity contribution in [3.05, 3.63) is 59.4 Å². The molecule has 5 nitrogen and oxygen atoms in total. The highest BCUT2D eigenvalue weighted by atomic mass is 16.3. The van der Waals surface area contributed by atoms with Gasteiger partial charge in [-0.3, -0.25) is 9.59 Å². The molecule has 0 atom stereocenters. The third-order valence-electron chi connectivity index (χ3n) is 4.68. The Kier molecular flexibility index (Phi) is 3.57. The van der Waals surface area contributed by atoms with Crippen LogP contribution in [0.4, 0.5) is 11.4 Å². The maximum atomic E-state index is 12.9. The van der Waals surface area contributed by atoms with Gasteiger partial charge in [0.05, 0.1) is 24.1 Å². The summed E-state index contributed by atoms with van der Waals surface area (Å²) >= 11 is 0. The Hall–Kier alpha value is -3.08. The first kappa shape index (κ1) is 15.4. The number of carbonyl (C=O) groups excluding carboxylic acids is 2. The highest BCUT2D eigenvalue weighted by molar-refractivity contribution is 6.10. The quantitative estimate of drug-likeness (QED) is 0.779. The van der Waals surface area contributed by atoms with E-state index >= 15 is 0 Å². The highest BCUT2D eigenvalue weighted by Gasteiger charge is 2.27. The average Bonchev–Trinajstić information content (AvgIpc) is 2.96. The zero-order chi connectivity index (χ0) is 17.6. The number of anilines is 2. The molecule has 126 valence electrons. The molecule has 4 rings (SSSR count). The van der Waals surface area contributed by atoms with Gasteiger partial charge in [0.2, 0.25) is 11.8 Å². The summed E-state index contributed by atoms with van der Waals surface area (Å²) in [5.74, 6) is -0.307. The maximum Gasteiger partial charge on any atom is 0.244 e. The van der Waals surface area contributed by atoms with Crippen molar-refractivity contribution in [1.29, 1.82) is 0 Å². The fourth-order valence-electron chi connectivity index (χ4n) is 3.19. The minimum atomic E-state index is -0.185. The van der Waals surface area contributed by atoms with Crippen LogP contribution < -0.4 is 10.2 Å². The second kappa shape index (κ2) is 5.77. The summed E-state index contributed by atoms with van der Waals surface area (Å²) in [6, 6.07) is 11.4. The number of aryl methyl sites for hydroxylation is 2. The van der Waals surface area contributed by atoms with E-state index in [1.165, 1.54) is 4.90 Å². The van der Waals surface area contributed by atoms with Gasteiger partial charge in [-0.2, -0.15) is 0 Å². The molecule has 0 unspecified atom stereocenters. The third kappa shape index (κ3) is 2.67. The number of nitrogens with zero attached hydrogens (tertiary/aromatic N) is 1. The number of benzene rings is 2. The fourth-order valence-corrected chi connectivity index (χ4v) is 3.19. The summed E-state index contributed by atoms with van der Waals surface area (Å²) in [7, 11) is 0. The Bertz CT molecular complexity index is 1000. The number of amides is 2. The monoisotopic (exact) mass is 334 g/mol. The molecule has 1 N–H and O–H groups in total. The van der Waals surface area contributed by atoms with Crippen molar-refractivity contribution < 1.29 is 14.0 Å². The van der Waals surface area contributed by atoms with Crippen molar-refractivity contribution in [3.63, 3.8) is 0 Å². The predicted octanol–water partition coefficient (Wildman–Crippen LogP) is 3.58. The molecular formula is C20H18N2O3. The molecule has 1 aromatic heterocycles. The Morgan fingerprint density at radius 1 is 1.20 bits per heavy atom. The molecule has 2 aromatic carbocycles. The average molecular weight is 334 g/mol. The van der Waals surface area contributed by atoms with Crippen LogP contribution >= 0.6 is 0 Å². The van der Waals surface area contributed by atoms with E-state index in [-0.39, 0.29) is 24.8 Å². The van der Waals surface area contributed by atoms with Gasteiger partial charge in [0.1, 0.15) is 12.1 Å². The van der Waals surface area contributed by atoms with Crippen LogP contribution in [0.2, 0.25) is 0 Å². The van der Waals surface area contributed by atoms with Gasteiger partial charge in [0.15, 0.2) is 0 Å². The van der Waals surface area contributed by atoms with Crippen molar-refractivity contribution in [3.8, 4) is 0 Å². The molecule has 0 spiro atoms. The van der Waals surface area contributed by atoms with Crippen molar-refractivity contribution in [2.75, 3.05) is 16.8 Å². The van der Waals surface area contributed by atoms with Crippen LogP contribution in [0.5, 0.6) is 0 Å². The first-order valence-electron chi connectivity index (χ1n) is 8.19. The summed E-state index contributed by atoms with van der Waals surface area (Å²) in [4.78, 5) is 26.3. The minimum absolute atomic E-state index is 0.0315. The summed E-state index contributed by atoms with van der Waals surface area (Å²) in [5, 5.41) is 3.75. The molecule has 2 heterocycles. The predicted molar refractivity (Wildman–Crippen MR) is 96.8 cm³/mol. The first-order chi connectivity index (χ1) is 12.0. The lowest BCUT2D eigenvalue weighted by molar-refractivity contribution is -0.121. The van der Waals surface area contributed by atoms with E-state index in [4.69, 9.17) is 4.42 Å². The van der Waals surface area contributed by atoms with Crippen LogP contribution in [0, 0.1) is 13.8 Å². The van der Waals surface area contributed by atoms with Gasteiger partial charge in [-0.15, -0.1) is 0 Å². The van der Waals surface area contributed by atoms with E-state index in [0.29, 0.717) is 5.69 Å². The van der Waals surface area contributed by atoms with E-state index in [0.717, 1.165) is 33.3 Å². The van der Waals surface area contributed by atoms with E-state index in [1.807, 2.05) is 44.2 Å². The molecule has 1 aliphatic heterocycles. The van der Waals surface area contributed by atoms with Crippen LogP contribution in [0.15, 0.2) is 47.1 Å². The van der Waals surface area contributed by atoms with Gasteiger partial charge in [-0.1, -0.05) is 12.1 Å². The molecule has 1 aliphatic rings. The topological polar surface area (TPSA) is 62.6 Å². The van der Waals surface area contributed by atoms with Crippen LogP contribution in [0.1, 0.15) is 16.7 Å². The highest BCUT2D eigenvalue weighted by Crippen LogP contribution is 2.30. The zero-order valence-corrected chi connectivity index (χ0v) is 14.1. The molecular weight excluding hydrogens is 316 g/mol. The number of para-hydroxylation sites is 2. The Morgan fingerprint density at radius 2 is 1.96 bits per heavy atom. The summed E-state index contributed by atoms with van der Waals surface area (Å²) in [6.07, 6.45) is 1.83. The van der Waals surface area contributed by atoms with Crippen LogP contribution in [0.3, 0.4) is 0 Å². The number of rotatable bonds is 2. The Balaban J connectivity index is 1.67. The third-order valence-corrected chi connectivity index (χ3v) is 4.68. The van der Waals surface area contributed by atoms with Gasteiger partial charge in [0, 0.05) is 10.9 Å². The summed E-state index contributed by atoms with van der Waals surface area (Å²) in [5.41, 5.74) is 5.32. The second-order valence-electron chi connectivity index (χ2n) is 6.42. The van der Waals surface area contributed by atoms with Crippen molar-refractivity contribution in [2.24, 2.45) is 0 Å². The number of fused-ring (bicyclic) bond motifs is 2. The van der Waals surface area contributed by atoms with Crippen molar-refractivity contribution >= 4 is 34.2 Å². The molecule has 5 heteroatoms. The number of hydrogen-bond acceptors (Lipinski definition) is 3. The largest absolute Gasteiger partial charge is 0.464 e. The molecule has 0 saturated carbocycles. The summed E-state index contributed by atoms with van der Waals surface area (Å²) in [6.45, 7) is 4.10. The van der Waals surface area contributed by atoms with Gasteiger partial charge in [0.25, 0.3) is 0 Å². The summed E-state index contributed by atoms with van der Waals surface area (Å²) < 4.78 is 5.61. The number of carbonyl (C=O) groups is 2. The van der Waals surface area contributed by atoms with Crippen molar-refractivity contribution in [2.45, 2.75) is 20.3 Å².